The number of carbonyl (C=O) groups is 1. The molecule has 128 valence electrons. The Bertz CT molecular complexity index is 1190. The molecule has 0 aliphatic rings. The van der Waals surface area contributed by atoms with E-state index in [-0.39, 0.29) is 11.1 Å². The van der Waals surface area contributed by atoms with E-state index in [0.29, 0.717) is 28.2 Å². The minimum atomic E-state index is -0.984. The van der Waals surface area contributed by atoms with Crippen molar-refractivity contribution in [3.63, 3.8) is 0 Å². The van der Waals surface area contributed by atoms with Crippen LogP contribution >= 0.6 is 0 Å². The smallest absolute Gasteiger partial charge is 0.335 e. The van der Waals surface area contributed by atoms with Crippen LogP contribution in [-0.4, -0.2) is 26.3 Å². The maximum Gasteiger partial charge on any atom is 0.335 e. The number of carboxylic acid groups (broad SMARTS) is 1. The number of carboxylic acids is 1. The summed E-state index contributed by atoms with van der Waals surface area (Å²) >= 11 is 0. The Morgan fingerprint density at radius 2 is 1.81 bits per heavy atom. The highest BCUT2D eigenvalue weighted by Crippen LogP contribution is 2.28. The maximum absolute atomic E-state index is 11.3. The summed E-state index contributed by atoms with van der Waals surface area (Å²) in [7, 11) is 0. The summed E-state index contributed by atoms with van der Waals surface area (Å²) in [5.74, 6) is -0.581. The van der Waals surface area contributed by atoms with Crippen molar-refractivity contribution in [2.24, 2.45) is 0 Å². The van der Waals surface area contributed by atoms with Crippen molar-refractivity contribution < 1.29 is 14.3 Å². The average Bonchev–Trinajstić information content (AvgIpc) is 3.05. The third-order valence-corrected chi connectivity index (χ3v) is 4.04. The number of nitrogens with zero attached hydrogens (tertiary/aromatic N) is 2. The third kappa shape index (κ3) is 2.75. The van der Waals surface area contributed by atoms with Crippen LogP contribution in [0.15, 0.2) is 57.7 Å². The van der Waals surface area contributed by atoms with E-state index in [4.69, 9.17) is 9.52 Å². The standard InChI is InChI=1S/C19H13N3O4/c1-10-8-16(23)21-22-17(10)13-6-7-14-15(9-13)26-18(20-14)11-2-4-12(5-3-11)19(24)25/h2-9H,1H3,(H,21,23)(H,24,25). The Hall–Kier alpha value is -3.74. The van der Waals surface area contributed by atoms with Gasteiger partial charge in [-0.25, -0.2) is 14.9 Å². The van der Waals surface area contributed by atoms with Crippen LogP contribution in [0, 0.1) is 6.92 Å². The highest BCUT2D eigenvalue weighted by Gasteiger charge is 2.12. The van der Waals surface area contributed by atoms with Gasteiger partial charge < -0.3 is 9.52 Å². The number of aromatic amines is 1. The number of aromatic nitrogens is 3. The molecule has 0 atom stereocenters. The number of H-pyrrole nitrogens is 1. The van der Waals surface area contributed by atoms with Crippen LogP contribution in [0.25, 0.3) is 33.8 Å². The molecule has 0 aliphatic carbocycles. The van der Waals surface area contributed by atoms with Gasteiger partial charge in [-0.1, -0.05) is 6.07 Å². The van der Waals surface area contributed by atoms with E-state index in [1.54, 1.807) is 12.1 Å². The van der Waals surface area contributed by atoms with Crippen LogP contribution in [0.1, 0.15) is 15.9 Å². The molecular weight excluding hydrogens is 334 g/mol. The van der Waals surface area contributed by atoms with Crippen molar-refractivity contribution >= 4 is 17.1 Å². The molecule has 2 aromatic heterocycles. The molecule has 0 aliphatic heterocycles. The zero-order valence-electron chi connectivity index (χ0n) is 13.7. The zero-order chi connectivity index (χ0) is 18.3. The normalized spacial score (nSPS) is 11.0. The Morgan fingerprint density at radius 3 is 2.50 bits per heavy atom. The monoisotopic (exact) mass is 347 g/mol. The largest absolute Gasteiger partial charge is 0.478 e. The number of fused-ring (bicyclic) bond motifs is 1. The first-order valence-electron chi connectivity index (χ1n) is 7.82. The zero-order valence-corrected chi connectivity index (χ0v) is 13.7. The molecular formula is C19H13N3O4. The van der Waals surface area contributed by atoms with Crippen LogP contribution in [0.3, 0.4) is 0 Å². The first-order chi connectivity index (χ1) is 12.5. The number of aromatic carboxylic acids is 1. The van der Waals surface area contributed by atoms with Gasteiger partial charge in [0.25, 0.3) is 5.56 Å². The summed E-state index contributed by atoms with van der Waals surface area (Å²) in [5, 5.41) is 15.5. The second-order valence-electron chi connectivity index (χ2n) is 5.85. The molecule has 26 heavy (non-hydrogen) atoms. The lowest BCUT2D eigenvalue weighted by Crippen LogP contribution is -2.08. The molecule has 0 spiro atoms. The molecule has 2 heterocycles. The van der Waals surface area contributed by atoms with Gasteiger partial charge in [-0.15, -0.1) is 0 Å². The third-order valence-electron chi connectivity index (χ3n) is 4.04. The summed E-state index contributed by atoms with van der Waals surface area (Å²) in [4.78, 5) is 26.7. The fraction of sp³-hybridized carbons (Fsp3) is 0.0526. The van der Waals surface area contributed by atoms with Gasteiger partial charge in [-0.2, -0.15) is 5.10 Å². The topological polar surface area (TPSA) is 109 Å². The molecule has 0 fully saturated rings. The molecule has 2 aromatic carbocycles. The van der Waals surface area contributed by atoms with Gasteiger partial charge in [-0.05, 0) is 48.9 Å². The molecule has 4 rings (SSSR count). The van der Waals surface area contributed by atoms with Crippen molar-refractivity contribution in [3.8, 4) is 22.7 Å². The van der Waals surface area contributed by atoms with Gasteiger partial charge in [0.2, 0.25) is 5.89 Å². The number of nitrogens with one attached hydrogen (secondary N) is 1. The summed E-state index contributed by atoms with van der Waals surface area (Å²) in [6.45, 7) is 1.82. The van der Waals surface area contributed by atoms with E-state index in [9.17, 15) is 9.59 Å². The molecule has 2 N–H and O–H groups in total. The minimum Gasteiger partial charge on any atom is -0.478 e. The quantitative estimate of drug-likeness (QED) is 0.589. The lowest BCUT2D eigenvalue weighted by Gasteiger charge is -2.02. The summed E-state index contributed by atoms with van der Waals surface area (Å²) in [5.41, 5.74) is 4.11. The molecule has 0 unspecified atom stereocenters. The van der Waals surface area contributed by atoms with Gasteiger partial charge in [0.15, 0.2) is 5.58 Å². The lowest BCUT2D eigenvalue weighted by atomic mass is 10.1. The van der Waals surface area contributed by atoms with Crippen molar-refractivity contribution in [3.05, 3.63) is 70.0 Å². The molecule has 0 amide bonds. The molecule has 0 saturated carbocycles. The fourth-order valence-electron chi connectivity index (χ4n) is 2.74. The fourth-order valence-corrected chi connectivity index (χ4v) is 2.74. The van der Waals surface area contributed by atoms with E-state index >= 15 is 0 Å². The highest BCUT2D eigenvalue weighted by atomic mass is 16.4. The predicted octanol–water partition coefficient (Wildman–Crippen LogP) is 3.25. The van der Waals surface area contributed by atoms with E-state index in [0.717, 1.165) is 11.1 Å². The number of hydrogen-bond acceptors (Lipinski definition) is 5. The average molecular weight is 347 g/mol. The van der Waals surface area contributed by atoms with Crippen molar-refractivity contribution in [2.75, 3.05) is 0 Å². The second-order valence-corrected chi connectivity index (χ2v) is 5.85. The van der Waals surface area contributed by atoms with Crippen LogP contribution < -0.4 is 5.56 Å². The molecule has 4 aromatic rings. The van der Waals surface area contributed by atoms with E-state index < -0.39 is 5.97 Å². The predicted molar refractivity (Wildman–Crippen MR) is 95.0 cm³/mol. The van der Waals surface area contributed by atoms with Crippen LogP contribution in [0.2, 0.25) is 0 Å². The highest BCUT2D eigenvalue weighted by molar-refractivity contribution is 5.88. The Labute approximate surface area is 146 Å². The number of benzene rings is 2. The van der Waals surface area contributed by atoms with Gasteiger partial charge in [0, 0.05) is 17.2 Å². The molecule has 7 heteroatoms. The first-order valence-corrected chi connectivity index (χ1v) is 7.82. The number of oxazole rings is 1. The van der Waals surface area contributed by atoms with Gasteiger partial charge in [0.05, 0.1) is 11.3 Å². The van der Waals surface area contributed by atoms with Crippen molar-refractivity contribution in [2.45, 2.75) is 6.92 Å². The van der Waals surface area contributed by atoms with E-state index in [2.05, 4.69) is 15.2 Å². The summed E-state index contributed by atoms with van der Waals surface area (Å²) in [6.07, 6.45) is 0. The van der Waals surface area contributed by atoms with Crippen LogP contribution in [0.5, 0.6) is 0 Å². The van der Waals surface area contributed by atoms with Crippen LogP contribution in [-0.2, 0) is 0 Å². The minimum absolute atomic E-state index is 0.201. The number of aryl methyl sites for hydroxylation is 1. The maximum atomic E-state index is 11.3. The first kappa shape index (κ1) is 15.8. The molecule has 0 bridgehead atoms. The van der Waals surface area contributed by atoms with Crippen molar-refractivity contribution in [1.82, 2.24) is 15.2 Å². The second kappa shape index (κ2) is 5.96. The summed E-state index contributed by atoms with van der Waals surface area (Å²) in [6, 6.07) is 13.3. The Balaban J connectivity index is 1.76. The van der Waals surface area contributed by atoms with E-state index in [1.165, 1.54) is 18.2 Å². The number of rotatable bonds is 3. The molecule has 0 saturated heterocycles. The van der Waals surface area contributed by atoms with Gasteiger partial charge in [-0.3, -0.25) is 4.79 Å². The van der Waals surface area contributed by atoms with Crippen molar-refractivity contribution in [1.29, 1.82) is 0 Å². The molecule has 0 radical (unpaired) electrons. The van der Waals surface area contributed by atoms with E-state index in [1.807, 2.05) is 25.1 Å². The Morgan fingerprint density at radius 1 is 1.08 bits per heavy atom. The van der Waals surface area contributed by atoms with Gasteiger partial charge >= 0.3 is 5.97 Å². The molecule has 7 nitrogen and oxygen atoms in total. The SMILES string of the molecule is Cc1cc(=O)[nH]nc1-c1ccc2nc(-c3ccc(C(=O)O)cc3)oc2c1. The number of hydrogen-bond donors (Lipinski definition) is 2. The Kier molecular flexibility index (Phi) is 3.62. The van der Waals surface area contributed by atoms with Gasteiger partial charge in [0.1, 0.15) is 5.52 Å². The summed E-state index contributed by atoms with van der Waals surface area (Å²) < 4.78 is 5.82. The lowest BCUT2D eigenvalue weighted by molar-refractivity contribution is 0.0697. The van der Waals surface area contributed by atoms with Crippen LogP contribution in [0.4, 0.5) is 0 Å².